The molecule has 142 valence electrons. The summed E-state index contributed by atoms with van der Waals surface area (Å²) in [5.41, 5.74) is 2.22. The lowest BCUT2D eigenvalue weighted by Crippen LogP contribution is -2.37. The maximum absolute atomic E-state index is 12.6. The number of anilines is 1. The number of benzene rings is 2. The average molecular weight is 379 g/mol. The summed E-state index contributed by atoms with van der Waals surface area (Å²) in [7, 11) is 0. The van der Waals surface area contributed by atoms with E-state index in [-0.39, 0.29) is 11.1 Å². The Balaban J connectivity index is 1.55. The minimum absolute atomic E-state index is 0.0518. The predicted octanol–water partition coefficient (Wildman–Crippen LogP) is 2.71. The van der Waals surface area contributed by atoms with Crippen LogP contribution in [-0.4, -0.2) is 34.1 Å². The molecule has 0 aromatic heterocycles. The molecule has 1 aliphatic heterocycles. The summed E-state index contributed by atoms with van der Waals surface area (Å²) >= 11 is 0. The average Bonchev–Trinajstić information content (AvgIpc) is 2.93. The predicted molar refractivity (Wildman–Crippen MR) is 100 cm³/mol. The number of aryl methyl sites for hydroxylation is 1. The molecule has 2 aromatic carbocycles. The molecule has 0 saturated heterocycles. The van der Waals surface area contributed by atoms with Crippen molar-refractivity contribution in [2.45, 2.75) is 25.7 Å². The van der Waals surface area contributed by atoms with E-state index in [4.69, 9.17) is 0 Å². The summed E-state index contributed by atoms with van der Waals surface area (Å²) in [5, 5.41) is 13.9. The number of rotatable bonds is 4. The Morgan fingerprint density at radius 1 is 1.07 bits per heavy atom. The Labute approximate surface area is 160 Å². The minimum atomic E-state index is -0.822. The monoisotopic (exact) mass is 379 g/mol. The van der Waals surface area contributed by atoms with Crippen LogP contribution in [0.4, 0.5) is 11.4 Å². The molecule has 0 saturated carbocycles. The highest BCUT2D eigenvalue weighted by Gasteiger charge is 2.41. The summed E-state index contributed by atoms with van der Waals surface area (Å²) in [4.78, 5) is 48.8. The van der Waals surface area contributed by atoms with E-state index in [0.29, 0.717) is 5.69 Å². The van der Waals surface area contributed by atoms with E-state index < -0.39 is 34.9 Å². The lowest BCUT2D eigenvalue weighted by molar-refractivity contribution is -0.385. The van der Waals surface area contributed by atoms with E-state index in [1.54, 1.807) is 6.07 Å². The first-order valence-electron chi connectivity index (χ1n) is 9.01. The molecule has 0 bridgehead atoms. The first-order valence-corrected chi connectivity index (χ1v) is 9.01. The maximum atomic E-state index is 12.6. The summed E-state index contributed by atoms with van der Waals surface area (Å²) < 4.78 is 0. The third-order valence-electron chi connectivity index (χ3n) is 5.15. The van der Waals surface area contributed by atoms with Crippen molar-refractivity contribution in [1.82, 2.24) is 4.90 Å². The molecule has 2 aliphatic rings. The Bertz CT molecular complexity index is 1030. The number of carbonyl (C=O) groups is 3. The number of nitro groups is 1. The van der Waals surface area contributed by atoms with Gasteiger partial charge in [0, 0.05) is 11.8 Å². The SMILES string of the molecule is O=C(CN1C(=O)c2cccc([N+](=O)[O-])c2C1=O)Nc1cccc2c1CCCC2. The van der Waals surface area contributed by atoms with Crippen molar-refractivity contribution < 1.29 is 19.3 Å². The normalized spacial score (nSPS) is 15.2. The molecule has 1 N–H and O–H groups in total. The van der Waals surface area contributed by atoms with Crippen LogP contribution in [-0.2, 0) is 17.6 Å². The number of fused-ring (bicyclic) bond motifs is 2. The van der Waals surface area contributed by atoms with Crippen LogP contribution in [0.5, 0.6) is 0 Å². The number of nitro benzene ring substituents is 1. The molecule has 1 aliphatic carbocycles. The van der Waals surface area contributed by atoms with Crippen molar-refractivity contribution in [2.24, 2.45) is 0 Å². The van der Waals surface area contributed by atoms with Gasteiger partial charge in [0.25, 0.3) is 17.5 Å². The van der Waals surface area contributed by atoms with Gasteiger partial charge in [-0.2, -0.15) is 0 Å². The molecule has 0 unspecified atom stereocenters. The molecule has 28 heavy (non-hydrogen) atoms. The van der Waals surface area contributed by atoms with Crippen LogP contribution >= 0.6 is 0 Å². The van der Waals surface area contributed by atoms with Gasteiger partial charge in [0.2, 0.25) is 5.91 Å². The van der Waals surface area contributed by atoms with Crippen LogP contribution in [0, 0.1) is 10.1 Å². The van der Waals surface area contributed by atoms with Gasteiger partial charge in [0.1, 0.15) is 12.1 Å². The number of amides is 3. The van der Waals surface area contributed by atoms with Gasteiger partial charge >= 0.3 is 0 Å². The highest BCUT2D eigenvalue weighted by atomic mass is 16.6. The van der Waals surface area contributed by atoms with Crippen LogP contribution in [0.2, 0.25) is 0 Å². The van der Waals surface area contributed by atoms with Crippen LogP contribution in [0.3, 0.4) is 0 Å². The van der Waals surface area contributed by atoms with Gasteiger partial charge in [-0.15, -0.1) is 0 Å². The summed E-state index contributed by atoms with van der Waals surface area (Å²) in [6, 6.07) is 9.58. The molecule has 1 heterocycles. The van der Waals surface area contributed by atoms with Gasteiger partial charge in [-0.3, -0.25) is 29.4 Å². The van der Waals surface area contributed by atoms with Crippen molar-refractivity contribution in [3.8, 4) is 0 Å². The smallest absolute Gasteiger partial charge is 0.282 e. The van der Waals surface area contributed by atoms with Gasteiger partial charge in [-0.25, -0.2) is 0 Å². The molecule has 8 nitrogen and oxygen atoms in total. The van der Waals surface area contributed by atoms with E-state index in [2.05, 4.69) is 5.32 Å². The number of hydrogen-bond donors (Lipinski definition) is 1. The summed E-state index contributed by atoms with van der Waals surface area (Å²) in [6.45, 7) is -0.493. The Morgan fingerprint density at radius 3 is 2.61 bits per heavy atom. The molecular formula is C20H17N3O5. The van der Waals surface area contributed by atoms with Crippen molar-refractivity contribution >= 4 is 29.1 Å². The lowest BCUT2D eigenvalue weighted by Gasteiger charge is -2.20. The number of nitrogens with one attached hydrogen (secondary N) is 1. The minimum Gasteiger partial charge on any atom is -0.324 e. The first kappa shape index (κ1) is 17.8. The zero-order valence-corrected chi connectivity index (χ0v) is 14.9. The van der Waals surface area contributed by atoms with Crippen molar-refractivity contribution in [3.63, 3.8) is 0 Å². The molecule has 3 amide bonds. The van der Waals surface area contributed by atoms with E-state index in [1.165, 1.54) is 23.8 Å². The van der Waals surface area contributed by atoms with E-state index >= 15 is 0 Å². The third-order valence-corrected chi connectivity index (χ3v) is 5.15. The first-order chi connectivity index (χ1) is 13.5. The summed E-state index contributed by atoms with van der Waals surface area (Å²) in [5.74, 6) is -2.04. The largest absolute Gasteiger partial charge is 0.324 e. The molecule has 4 rings (SSSR count). The topological polar surface area (TPSA) is 110 Å². The second-order valence-corrected chi connectivity index (χ2v) is 6.85. The maximum Gasteiger partial charge on any atom is 0.282 e. The fourth-order valence-corrected chi connectivity index (χ4v) is 3.84. The quantitative estimate of drug-likeness (QED) is 0.499. The summed E-state index contributed by atoms with van der Waals surface area (Å²) in [6.07, 6.45) is 3.98. The molecule has 0 radical (unpaired) electrons. The number of hydrogen-bond acceptors (Lipinski definition) is 5. The van der Waals surface area contributed by atoms with Crippen LogP contribution in [0.15, 0.2) is 36.4 Å². The Morgan fingerprint density at radius 2 is 1.82 bits per heavy atom. The zero-order valence-electron chi connectivity index (χ0n) is 14.9. The van der Waals surface area contributed by atoms with Gasteiger partial charge in [0.05, 0.1) is 10.5 Å². The van der Waals surface area contributed by atoms with E-state index in [1.807, 2.05) is 12.1 Å². The van der Waals surface area contributed by atoms with Crippen LogP contribution < -0.4 is 5.32 Å². The lowest BCUT2D eigenvalue weighted by atomic mass is 9.90. The van der Waals surface area contributed by atoms with Crippen LogP contribution in [0.25, 0.3) is 0 Å². The van der Waals surface area contributed by atoms with E-state index in [9.17, 15) is 24.5 Å². The third kappa shape index (κ3) is 2.92. The molecule has 0 atom stereocenters. The van der Waals surface area contributed by atoms with E-state index in [0.717, 1.165) is 36.1 Å². The van der Waals surface area contributed by atoms with Crippen molar-refractivity contribution in [3.05, 3.63) is 68.8 Å². The molecule has 8 heteroatoms. The van der Waals surface area contributed by atoms with Gasteiger partial charge in [-0.05, 0) is 48.9 Å². The fraction of sp³-hybridized carbons (Fsp3) is 0.250. The van der Waals surface area contributed by atoms with Gasteiger partial charge in [-0.1, -0.05) is 18.2 Å². The highest BCUT2D eigenvalue weighted by molar-refractivity contribution is 6.24. The molecular weight excluding hydrogens is 362 g/mol. The molecule has 2 aromatic rings. The second-order valence-electron chi connectivity index (χ2n) is 6.85. The van der Waals surface area contributed by atoms with Crippen molar-refractivity contribution in [2.75, 3.05) is 11.9 Å². The molecule has 0 fully saturated rings. The van der Waals surface area contributed by atoms with Gasteiger partial charge < -0.3 is 5.32 Å². The Kier molecular flexibility index (Phi) is 4.38. The standard InChI is InChI=1S/C20H17N3O5/c24-17(21-15-9-3-6-12-5-1-2-7-13(12)15)11-22-19(25)14-8-4-10-16(23(27)28)18(14)20(22)26/h3-4,6,8-10H,1-2,5,7,11H2,(H,21,24). The molecule has 0 spiro atoms. The highest BCUT2D eigenvalue weighted by Crippen LogP contribution is 2.31. The van der Waals surface area contributed by atoms with Crippen LogP contribution in [0.1, 0.15) is 44.7 Å². The van der Waals surface area contributed by atoms with Crippen molar-refractivity contribution in [1.29, 1.82) is 0 Å². The van der Waals surface area contributed by atoms with Gasteiger partial charge in [0.15, 0.2) is 0 Å². The number of nitrogens with zero attached hydrogens (tertiary/aromatic N) is 2. The second kappa shape index (κ2) is 6.88. The number of carbonyl (C=O) groups excluding carboxylic acids is 3. The number of imide groups is 1. The zero-order chi connectivity index (χ0) is 19.8. The Hall–Kier alpha value is -3.55. The fourth-order valence-electron chi connectivity index (χ4n) is 3.84.